The zero-order valence-corrected chi connectivity index (χ0v) is 15.4. The first kappa shape index (κ1) is 17.8. The molecule has 0 aromatic heterocycles. The summed E-state index contributed by atoms with van der Waals surface area (Å²) in [5, 5.41) is 3.92. The zero-order chi connectivity index (χ0) is 15.9. The van der Waals surface area contributed by atoms with Gasteiger partial charge in [-0.05, 0) is 69.0 Å². The summed E-state index contributed by atoms with van der Waals surface area (Å²) in [5.74, 6) is 1.03. The molecule has 1 aliphatic heterocycles. The van der Waals surface area contributed by atoms with E-state index >= 15 is 0 Å². The Bertz CT molecular complexity index is 501. The third kappa shape index (κ3) is 5.25. The van der Waals surface area contributed by atoms with Gasteiger partial charge < -0.3 is 10.2 Å². The first-order chi connectivity index (χ1) is 10.6. The van der Waals surface area contributed by atoms with Crippen LogP contribution in [0.25, 0.3) is 0 Å². The van der Waals surface area contributed by atoms with E-state index in [1.807, 2.05) is 30.1 Å². The van der Waals surface area contributed by atoms with Crippen LogP contribution in [0.2, 0.25) is 5.02 Å². The number of benzene rings is 1. The summed E-state index contributed by atoms with van der Waals surface area (Å²) in [6.45, 7) is 2.88. The number of halogens is 2. The number of carbonyl (C=O) groups is 1. The molecular formula is C17H24BrClN2O. The quantitative estimate of drug-likeness (QED) is 0.803. The average molecular weight is 388 g/mol. The summed E-state index contributed by atoms with van der Waals surface area (Å²) in [7, 11) is 1.99. The lowest BCUT2D eigenvalue weighted by atomic mass is 9.93. The number of nitrogens with one attached hydrogen (secondary N) is 1. The van der Waals surface area contributed by atoms with Crippen molar-refractivity contribution in [1.29, 1.82) is 0 Å². The summed E-state index contributed by atoms with van der Waals surface area (Å²) >= 11 is 9.54. The average Bonchev–Trinajstić information content (AvgIpc) is 2.54. The maximum atomic E-state index is 12.4. The first-order valence-corrected chi connectivity index (χ1v) is 9.13. The summed E-state index contributed by atoms with van der Waals surface area (Å²) in [6.07, 6.45) is 4.77. The number of hydrogen-bond donors (Lipinski definition) is 1. The Morgan fingerprint density at radius 3 is 2.82 bits per heavy atom. The third-order valence-electron chi connectivity index (χ3n) is 4.39. The van der Waals surface area contributed by atoms with Gasteiger partial charge in [0.2, 0.25) is 5.91 Å². The Labute approximate surface area is 146 Å². The third-order valence-corrected chi connectivity index (χ3v) is 5.39. The summed E-state index contributed by atoms with van der Waals surface area (Å²) in [5.41, 5.74) is 1.10. The molecule has 1 heterocycles. The standard InChI is InChI=1S/C17H24BrClN2O/c1-20-9-6-13-7-10-21(11-8-13)17(22)5-2-14-12-15(19)3-4-16(14)18/h3-4,12-13,20H,2,5-11H2,1H3. The SMILES string of the molecule is CNCCC1CCN(C(=O)CCc2cc(Cl)ccc2Br)CC1. The monoisotopic (exact) mass is 386 g/mol. The van der Waals surface area contributed by atoms with Crippen molar-refractivity contribution in [3.8, 4) is 0 Å². The van der Waals surface area contributed by atoms with Gasteiger partial charge in [0, 0.05) is 29.0 Å². The van der Waals surface area contributed by atoms with Gasteiger partial charge >= 0.3 is 0 Å². The van der Waals surface area contributed by atoms with Gasteiger partial charge in [-0.2, -0.15) is 0 Å². The predicted octanol–water partition coefficient (Wildman–Crippen LogP) is 3.88. The van der Waals surface area contributed by atoms with E-state index < -0.39 is 0 Å². The van der Waals surface area contributed by atoms with Gasteiger partial charge in [-0.25, -0.2) is 0 Å². The van der Waals surface area contributed by atoms with Crippen LogP contribution in [0.4, 0.5) is 0 Å². The molecule has 0 unspecified atom stereocenters. The second kappa shape index (κ2) is 8.90. The van der Waals surface area contributed by atoms with E-state index in [9.17, 15) is 4.79 Å². The number of aryl methyl sites for hydroxylation is 1. The molecule has 0 aliphatic carbocycles. The highest BCUT2D eigenvalue weighted by Gasteiger charge is 2.22. The molecule has 122 valence electrons. The van der Waals surface area contributed by atoms with Gasteiger partial charge in [-0.3, -0.25) is 4.79 Å². The number of rotatable bonds is 6. The smallest absolute Gasteiger partial charge is 0.222 e. The van der Waals surface area contributed by atoms with Crippen LogP contribution in [-0.4, -0.2) is 37.5 Å². The van der Waals surface area contributed by atoms with E-state index in [1.54, 1.807) is 0 Å². The van der Waals surface area contributed by atoms with Crippen molar-refractivity contribution < 1.29 is 4.79 Å². The highest BCUT2D eigenvalue weighted by molar-refractivity contribution is 9.10. The first-order valence-electron chi connectivity index (χ1n) is 7.96. The van der Waals surface area contributed by atoms with Crippen LogP contribution in [0.15, 0.2) is 22.7 Å². The fourth-order valence-electron chi connectivity index (χ4n) is 2.95. The van der Waals surface area contributed by atoms with Crippen molar-refractivity contribution in [3.63, 3.8) is 0 Å². The number of amides is 1. The fraction of sp³-hybridized carbons (Fsp3) is 0.588. The topological polar surface area (TPSA) is 32.3 Å². The maximum absolute atomic E-state index is 12.4. The van der Waals surface area contributed by atoms with E-state index in [0.29, 0.717) is 6.42 Å². The number of carbonyl (C=O) groups excluding carboxylic acids is 1. The van der Waals surface area contributed by atoms with Gasteiger partial charge in [0.05, 0.1) is 0 Å². The second-order valence-electron chi connectivity index (χ2n) is 5.95. The van der Waals surface area contributed by atoms with Gasteiger partial charge in [-0.15, -0.1) is 0 Å². The largest absolute Gasteiger partial charge is 0.343 e. The highest BCUT2D eigenvalue weighted by atomic mass is 79.9. The Morgan fingerprint density at radius 1 is 1.41 bits per heavy atom. The molecule has 1 saturated heterocycles. The Morgan fingerprint density at radius 2 is 2.14 bits per heavy atom. The molecule has 0 bridgehead atoms. The lowest BCUT2D eigenvalue weighted by Gasteiger charge is -2.32. The molecule has 0 atom stereocenters. The second-order valence-corrected chi connectivity index (χ2v) is 7.24. The van der Waals surface area contributed by atoms with E-state index in [0.717, 1.165) is 59.9 Å². The molecule has 22 heavy (non-hydrogen) atoms. The minimum atomic E-state index is 0.263. The Hall–Kier alpha value is -0.580. The van der Waals surface area contributed by atoms with Crippen LogP contribution in [0.5, 0.6) is 0 Å². The minimum absolute atomic E-state index is 0.263. The number of likely N-dealkylation sites (tertiary alicyclic amines) is 1. The van der Waals surface area contributed by atoms with Crippen molar-refractivity contribution in [2.24, 2.45) is 5.92 Å². The molecule has 3 nitrogen and oxygen atoms in total. The van der Waals surface area contributed by atoms with Gasteiger partial charge in [0.25, 0.3) is 0 Å². The molecule has 1 aromatic rings. The van der Waals surface area contributed by atoms with Crippen molar-refractivity contribution >= 4 is 33.4 Å². The Kier molecular flexibility index (Phi) is 7.19. The molecule has 1 N–H and O–H groups in total. The predicted molar refractivity (Wildman–Crippen MR) is 95.3 cm³/mol. The van der Waals surface area contributed by atoms with Gasteiger partial charge in [0.15, 0.2) is 0 Å². The van der Waals surface area contributed by atoms with Crippen LogP contribution >= 0.6 is 27.5 Å². The van der Waals surface area contributed by atoms with Crippen molar-refractivity contribution in [1.82, 2.24) is 10.2 Å². The normalized spacial score (nSPS) is 16.0. The lowest BCUT2D eigenvalue weighted by Crippen LogP contribution is -2.39. The molecule has 1 aromatic carbocycles. The van der Waals surface area contributed by atoms with Gasteiger partial charge in [-0.1, -0.05) is 27.5 Å². The highest BCUT2D eigenvalue weighted by Crippen LogP contribution is 2.24. The fourth-order valence-corrected chi connectivity index (χ4v) is 3.59. The van der Waals surface area contributed by atoms with Crippen LogP contribution < -0.4 is 5.32 Å². The summed E-state index contributed by atoms with van der Waals surface area (Å²) in [6, 6.07) is 5.73. The molecule has 2 rings (SSSR count). The van der Waals surface area contributed by atoms with Crippen LogP contribution in [0, 0.1) is 5.92 Å². The summed E-state index contributed by atoms with van der Waals surface area (Å²) < 4.78 is 1.02. The van der Waals surface area contributed by atoms with Crippen LogP contribution in [0.1, 0.15) is 31.2 Å². The van der Waals surface area contributed by atoms with E-state index in [-0.39, 0.29) is 5.91 Å². The molecule has 5 heteroatoms. The minimum Gasteiger partial charge on any atom is -0.343 e. The maximum Gasteiger partial charge on any atom is 0.222 e. The number of hydrogen-bond acceptors (Lipinski definition) is 2. The molecule has 0 radical (unpaired) electrons. The van der Waals surface area contributed by atoms with E-state index in [2.05, 4.69) is 21.2 Å². The number of nitrogens with zero attached hydrogens (tertiary/aromatic N) is 1. The van der Waals surface area contributed by atoms with Crippen molar-refractivity contribution in [3.05, 3.63) is 33.3 Å². The summed E-state index contributed by atoms with van der Waals surface area (Å²) in [4.78, 5) is 14.4. The van der Waals surface area contributed by atoms with Gasteiger partial charge in [0.1, 0.15) is 0 Å². The number of piperidine rings is 1. The molecule has 1 fully saturated rings. The molecule has 1 amide bonds. The molecule has 0 spiro atoms. The lowest BCUT2D eigenvalue weighted by molar-refractivity contribution is -0.132. The van der Waals surface area contributed by atoms with E-state index in [4.69, 9.17) is 11.6 Å². The van der Waals surface area contributed by atoms with Crippen molar-refractivity contribution in [2.45, 2.75) is 32.1 Å². The van der Waals surface area contributed by atoms with Crippen LogP contribution in [0.3, 0.4) is 0 Å². The van der Waals surface area contributed by atoms with E-state index in [1.165, 1.54) is 6.42 Å². The molecular weight excluding hydrogens is 364 g/mol. The zero-order valence-electron chi connectivity index (χ0n) is 13.1. The molecule has 0 saturated carbocycles. The van der Waals surface area contributed by atoms with Crippen LogP contribution in [-0.2, 0) is 11.2 Å². The van der Waals surface area contributed by atoms with Crippen molar-refractivity contribution in [2.75, 3.05) is 26.7 Å². The molecule has 1 aliphatic rings. The Balaban J connectivity index is 1.77.